The molecule has 0 aromatic rings. The van der Waals surface area contributed by atoms with Gasteiger partial charge in [-0.25, -0.2) is 0 Å². The van der Waals surface area contributed by atoms with Gasteiger partial charge in [-0.1, -0.05) is 51.9 Å². The molecule has 0 spiro atoms. The maximum Gasteiger partial charge on any atom is 0.321 e. The summed E-state index contributed by atoms with van der Waals surface area (Å²) in [6.45, 7) is 2.56. The van der Waals surface area contributed by atoms with E-state index in [-0.39, 0.29) is 12.8 Å². The number of carboxylic acid groups (broad SMARTS) is 2. The van der Waals surface area contributed by atoms with Gasteiger partial charge in [-0.05, 0) is 19.3 Å². The molecular formula is C15H28O5. The van der Waals surface area contributed by atoms with E-state index in [2.05, 4.69) is 6.92 Å². The number of rotatable bonds is 7. The van der Waals surface area contributed by atoms with Crippen molar-refractivity contribution in [3.63, 3.8) is 0 Å². The van der Waals surface area contributed by atoms with Gasteiger partial charge in [0.05, 0.1) is 0 Å². The van der Waals surface area contributed by atoms with E-state index in [1.807, 2.05) is 0 Å². The highest BCUT2D eigenvalue weighted by Gasteiger charge is 2.46. The van der Waals surface area contributed by atoms with Crippen molar-refractivity contribution in [2.24, 2.45) is 5.41 Å². The van der Waals surface area contributed by atoms with Gasteiger partial charge in [0.1, 0.15) is 0 Å². The Hall–Kier alpha value is -1.10. The molecule has 0 heterocycles. The fourth-order valence-electron chi connectivity index (χ4n) is 2.39. The van der Waals surface area contributed by atoms with Gasteiger partial charge in [0.15, 0.2) is 5.41 Å². The van der Waals surface area contributed by atoms with Crippen molar-refractivity contribution in [2.45, 2.75) is 71.1 Å². The summed E-state index contributed by atoms with van der Waals surface area (Å²) in [4.78, 5) is 21.5. The van der Waals surface area contributed by atoms with Crippen molar-refractivity contribution in [1.29, 1.82) is 0 Å². The number of unbranched alkanes of at least 4 members (excludes halogenated alkanes) is 4. The molecule has 0 radical (unpaired) electrons. The highest BCUT2D eigenvalue weighted by Crippen LogP contribution is 2.36. The van der Waals surface area contributed by atoms with Crippen LogP contribution in [0.5, 0.6) is 0 Å². The van der Waals surface area contributed by atoms with Crippen molar-refractivity contribution >= 4 is 11.9 Å². The summed E-state index contributed by atoms with van der Waals surface area (Å²) >= 11 is 0. The van der Waals surface area contributed by atoms with Gasteiger partial charge >= 0.3 is 11.9 Å². The molecule has 0 unspecified atom stereocenters. The van der Waals surface area contributed by atoms with Crippen molar-refractivity contribution < 1.29 is 24.9 Å². The Morgan fingerprint density at radius 1 is 0.900 bits per heavy atom. The van der Waals surface area contributed by atoms with E-state index in [9.17, 15) is 9.59 Å². The van der Waals surface area contributed by atoms with Gasteiger partial charge in [0, 0.05) is 6.61 Å². The Kier molecular flexibility index (Phi) is 10.1. The summed E-state index contributed by atoms with van der Waals surface area (Å²) in [6.07, 6.45) is 8.99. The number of aliphatic carboxylic acids is 2. The molecule has 0 amide bonds. The van der Waals surface area contributed by atoms with E-state index in [0.29, 0.717) is 19.4 Å². The summed E-state index contributed by atoms with van der Waals surface area (Å²) in [6, 6.07) is 0. The van der Waals surface area contributed by atoms with Crippen LogP contribution in [0.15, 0.2) is 0 Å². The Morgan fingerprint density at radius 3 is 1.75 bits per heavy atom. The predicted octanol–water partition coefficient (Wildman–Crippen LogP) is 3.06. The maximum absolute atomic E-state index is 10.7. The van der Waals surface area contributed by atoms with Crippen LogP contribution >= 0.6 is 0 Å². The number of aliphatic hydroxyl groups excluding tert-OH is 1. The molecule has 5 heteroatoms. The lowest BCUT2D eigenvalue weighted by molar-refractivity contribution is -0.167. The van der Waals surface area contributed by atoms with Crippen LogP contribution < -0.4 is 0 Å². The lowest BCUT2D eigenvalue weighted by Gasteiger charge is -2.28. The summed E-state index contributed by atoms with van der Waals surface area (Å²) in [7, 11) is 0. The van der Waals surface area contributed by atoms with Gasteiger partial charge < -0.3 is 15.3 Å². The van der Waals surface area contributed by atoms with Crippen LogP contribution in [0.3, 0.4) is 0 Å². The zero-order valence-corrected chi connectivity index (χ0v) is 12.4. The zero-order valence-electron chi connectivity index (χ0n) is 12.4. The SMILES string of the molecule is CCCCCCCO.O=C(O)C1(C(=O)O)CCCCC1. The normalized spacial score (nSPS) is 16.9. The van der Waals surface area contributed by atoms with E-state index in [0.717, 1.165) is 12.8 Å². The zero-order chi connectivity index (χ0) is 15.4. The van der Waals surface area contributed by atoms with Crippen molar-refractivity contribution in [3.8, 4) is 0 Å². The summed E-state index contributed by atoms with van der Waals surface area (Å²) < 4.78 is 0. The van der Waals surface area contributed by atoms with Crippen LogP contribution in [-0.2, 0) is 9.59 Å². The highest BCUT2D eigenvalue weighted by molar-refractivity contribution is 5.98. The van der Waals surface area contributed by atoms with Crippen LogP contribution in [0.25, 0.3) is 0 Å². The van der Waals surface area contributed by atoms with Gasteiger partial charge in [-0.15, -0.1) is 0 Å². The third-order valence-electron chi connectivity index (χ3n) is 3.79. The molecule has 5 nitrogen and oxygen atoms in total. The lowest BCUT2D eigenvalue weighted by Crippen LogP contribution is -2.40. The molecule has 1 aliphatic carbocycles. The molecule has 118 valence electrons. The molecule has 20 heavy (non-hydrogen) atoms. The molecule has 0 saturated heterocycles. The smallest absolute Gasteiger partial charge is 0.321 e. The molecule has 1 aliphatic rings. The van der Waals surface area contributed by atoms with Crippen LogP contribution in [0.2, 0.25) is 0 Å². The van der Waals surface area contributed by atoms with E-state index in [4.69, 9.17) is 15.3 Å². The molecule has 0 aromatic carbocycles. The molecule has 0 aliphatic heterocycles. The van der Waals surface area contributed by atoms with Crippen LogP contribution in [-0.4, -0.2) is 33.9 Å². The minimum Gasteiger partial charge on any atom is -0.480 e. The van der Waals surface area contributed by atoms with Crippen LogP contribution in [0.1, 0.15) is 71.1 Å². The number of hydrogen-bond donors (Lipinski definition) is 3. The number of hydrogen-bond acceptors (Lipinski definition) is 3. The molecule has 1 saturated carbocycles. The van der Waals surface area contributed by atoms with Crippen molar-refractivity contribution in [1.82, 2.24) is 0 Å². The van der Waals surface area contributed by atoms with E-state index < -0.39 is 17.4 Å². The minimum atomic E-state index is -1.49. The molecule has 0 aromatic heterocycles. The summed E-state index contributed by atoms with van der Waals surface area (Å²) in [5.41, 5.74) is -1.49. The first kappa shape index (κ1) is 18.9. The van der Waals surface area contributed by atoms with E-state index in [1.165, 1.54) is 25.7 Å². The largest absolute Gasteiger partial charge is 0.480 e. The fourth-order valence-corrected chi connectivity index (χ4v) is 2.39. The number of aliphatic hydroxyl groups is 1. The summed E-state index contributed by atoms with van der Waals surface area (Å²) in [5, 5.41) is 25.9. The Bertz CT molecular complexity index is 260. The monoisotopic (exact) mass is 288 g/mol. The average molecular weight is 288 g/mol. The van der Waals surface area contributed by atoms with E-state index >= 15 is 0 Å². The molecule has 0 atom stereocenters. The number of carbonyl (C=O) groups is 2. The number of carboxylic acids is 2. The first-order valence-corrected chi connectivity index (χ1v) is 7.59. The lowest BCUT2D eigenvalue weighted by atomic mass is 9.74. The predicted molar refractivity (Wildman–Crippen MR) is 76.6 cm³/mol. The molecule has 3 N–H and O–H groups in total. The van der Waals surface area contributed by atoms with Crippen LogP contribution in [0, 0.1) is 5.41 Å². The van der Waals surface area contributed by atoms with E-state index in [1.54, 1.807) is 0 Å². The third kappa shape index (κ3) is 6.37. The molecule has 1 fully saturated rings. The maximum atomic E-state index is 10.7. The van der Waals surface area contributed by atoms with Gasteiger partial charge in [-0.2, -0.15) is 0 Å². The van der Waals surface area contributed by atoms with Crippen molar-refractivity contribution in [2.75, 3.05) is 6.61 Å². The topological polar surface area (TPSA) is 94.8 Å². The molecule has 0 bridgehead atoms. The van der Waals surface area contributed by atoms with Crippen molar-refractivity contribution in [3.05, 3.63) is 0 Å². The van der Waals surface area contributed by atoms with Gasteiger partial charge in [0.2, 0.25) is 0 Å². The van der Waals surface area contributed by atoms with Crippen LogP contribution in [0.4, 0.5) is 0 Å². The first-order valence-electron chi connectivity index (χ1n) is 7.59. The van der Waals surface area contributed by atoms with Gasteiger partial charge in [-0.3, -0.25) is 9.59 Å². The quantitative estimate of drug-likeness (QED) is 0.494. The minimum absolute atomic E-state index is 0.275. The second-order valence-corrected chi connectivity index (χ2v) is 5.39. The van der Waals surface area contributed by atoms with Gasteiger partial charge in [0.25, 0.3) is 0 Å². The Morgan fingerprint density at radius 2 is 1.40 bits per heavy atom. The first-order chi connectivity index (χ1) is 9.51. The highest BCUT2D eigenvalue weighted by atomic mass is 16.4. The third-order valence-corrected chi connectivity index (χ3v) is 3.79. The standard InChI is InChI=1S/C8H12O4.C7H16O/c9-6(10)8(7(11)12)4-2-1-3-5-8;1-2-3-4-5-6-7-8/h1-5H2,(H,9,10)(H,11,12);8H,2-7H2,1H3. The Labute approximate surface area is 121 Å². The fraction of sp³-hybridized carbons (Fsp3) is 0.867. The second-order valence-electron chi connectivity index (χ2n) is 5.39. The second kappa shape index (κ2) is 10.7. The average Bonchev–Trinajstić information content (AvgIpc) is 2.45. The molecule has 1 rings (SSSR count). The Balaban J connectivity index is 0.000000396. The molecular weight excluding hydrogens is 260 g/mol. The summed E-state index contributed by atoms with van der Waals surface area (Å²) in [5.74, 6) is -2.37.